The molecule has 5 heteroatoms. The van der Waals surface area contributed by atoms with E-state index in [0.717, 1.165) is 6.42 Å². The van der Waals surface area contributed by atoms with E-state index in [0.29, 0.717) is 51.4 Å². The Morgan fingerprint density at radius 2 is 1.81 bits per heavy atom. The van der Waals surface area contributed by atoms with Crippen LogP contribution in [0.3, 0.4) is 0 Å². The lowest BCUT2D eigenvalue weighted by Gasteiger charge is -2.39. The van der Waals surface area contributed by atoms with Gasteiger partial charge in [0.15, 0.2) is 0 Å². The molecule has 5 nitrogen and oxygen atoms in total. The molecule has 0 aromatic heterocycles. The van der Waals surface area contributed by atoms with E-state index in [1.165, 1.54) is 0 Å². The number of hydrogen-bond acceptors (Lipinski definition) is 3. The summed E-state index contributed by atoms with van der Waals surface area (Å²) in [5.74, 6) is -0.217. The van der Waals surface area contributed by atoms with Crippen LogP contribution < -0.4 is 0 Å². The van der Waals surface area contributed by atoms with E-state index in [2.05, 4.69) is 13.8 Å². The first-order valence-electron chi connectivity index (χ1n) is 8.10. The van der Waals surface area contributed by atoms with Crippen molar-refractivity contribution in [3.8, 4) is 0 Å². The Morgan fingerprint density at radius 3 is 2.38 bits per heavy atom. The van der Waals surface area contributed by atoms with Gasteiger partial charge in [0.2, 0.25) is 5.91 Å². The predicted octanol–water partition coefficient (Wildman–Crippen LogP) is 2.15. The zero-order valence-corrected chi connectivity index (χ0v) is 13.1. The summed E-state index contributed by atoms with van der Waals surface area (Å²) in [6.45, 7) is 6.25. The summed E-state index contributed by atoms with van der Waals surface area (Å²) < 4.78 is 5.53. The highest BCUT2D eigenvalue weighted by atomic mass is 16.5. The van der Waals surface area contributed by atoms with Crippen LogP contribution in [0.5, 0.6) is 0 Å². The van der Waals surface area contributed by atoms with Gasteiger partial charge in [-0.05, 0) is 38.0 Å². The van der Waals surface area contributed by atoms with Crippen LogP contribution in [0, 0.1) is 17.8 Å². The Kier molecular flexibility index (Phi) is 5.62. The van der Waals surface area contributed by atoms with Crippen LogP contribution in [0.1, 0.15) is 46.0 Å². The van der Waals surface area contributed by atoms with E-state index in [9.17, 15) is 9.59 Å². The van der Waals surface area contributed by atoms with Crippen molar-refractivity contribution in [2.24, 2.45) is 17.8 Å². The molecule has 0 aromatic rings. The maximum Gasteiger partial charge on any atom is 0.306 e. The molecule has 2 fully saturated rings. The fraction of sp³-hybridized carbons (Fsp3) is 0.875. The van der Waals surface area contributed by atoms with E-state index in [-0.39, 0.29) is 23.8 Å². The molecule has 120 valence electrons. The number of nitrogens with zero attached hydrogens (tertiary/aromatic N) is 1. The van der Waals surface area contributed by atoms with Gasteiger partial charge in [-0.3, -0.25) is 9.59 Å². The van der Waals surface area contributed by atoms with Crippen molar-refractivity contribution in [1.82, 2.24) is 4.90 Å². The lowest BCUT2D eigenvalue weighted by atomic mass is 9.81. The average molecular weight is 297 g/mol. The maximum absolute atomic E-state index is 12.7. The van der Waals surface area contributed by atoms with Gasteiger partial charge >= 0.3 is 5.97 Å². The largest absolute Gasteiger partial charge is 0.481 e. The topological polar surface area (TPSA) is 66.8 Å². The van der Waals surface area contributed by atoms with Crippen molar-refractivity contribution in [2.45, 2.75) is 52.0 Å². The number of carbonyl (C=O) groups excluding carboxylic acids is 1. The lowest BCUT2D eigenvalue weighted by molar-refractivity contribution is -0.149. The Hall–Kier alpha value is -1.10. The molecule has 1 heterocycles. The third kappa shape index (κ3) is 4.19. The van der Waals surface area contributed by atoms with Crippen molar-refractivity contribution in [3.05, 3.63) is 0 Å². The van der Waals surface area contributed by atoms with E-state index >= 15 is 0 Å². The van der Waals surface area contributed by atoms with Crippen molar-refractivity contribution in [2.75, 3.05) is 19.8 Å². The smallest absolute Gasteiger partial charge is 0.306 e. The van der Waals surface area contributed by atoms with Gasteiger partial charge in [0.25, 0.3) is 0 Å². The Bertz CT molecular complexity index is 374. The van der Waals surface area contributed by atoms with E-state index < -0.39 is 5.97 Å². The molecule has 2 rings (SSSR count). The van der Waals surface area contributed by atoms with Gasteiger partial charge in [0.05, 0.1) is 25.2 Å². The number of hydrogen-bond donors (Lipinski definition) is 1. The molecular formula is C16H27NO4. The highest BCUT2D eigenvalue weighted by Gasteiger charge is 2.35. The second-order valence-corrected chi connectivity index (χ2v) is 6.78. The monoisotopic (exact) mass is 297 g/mol. The maximum atomic E-state index is 12.7. The van der Waals surface area contributed by atoms with E-state index in [1.54, 1.807) is 0 Å². The van der Waals surface area contributed by atoms with Gasteiger partial charge in [-0.25, -0.2) is 0 Å². The lowest BCUT2D eigenvalue weighted by Crippen LogP contribution is -2.51. The molecule has 1 amide bonds. The quantitative estimate of drug-likeness (QED) is 0.863. The minimum absolute atomic E-state index is 0.00774. The first-order valence-corrected chi connectivity index (χ1v) is 8.10. The van der Waals surface area contributed by atoms with Gasteiger partial charge in [0.1, 0.15) is 0 Å². The molecule has 21 heavy (non-hydrogen) atoms. The minimum atomic E-state index is -0.718. The van der Waals surface area contributed by atoms with Gasteiger partial charge < -0.3 is 14.7 Å². The molecule has 1 atom stereocenters. The normalized spacial score (nSPS) is 30.4. The van der Waals surface area contributed by atoms with Crippen molar-refractivity contribution < 1.29 is 19.4 Å². The molecule has 2 aliphatic rings. The Balaban J connectivity index is 1.93. The summed E-state index contributed by atoms with van der Waals surface area (Å²) in [7, 11) is 0. The number of carboxylic acids is 1. The molecule has 0 spiro atoms. The number of amides is 1. The molecule has 1 aliphatic heterocycles. The molecule has 1 aliphatic carbocycles. The zero-order chi connectivity index (χ0) is 15.4. The number of rotatable bonds is 4. The van der Waals surface area contributed by atoms with E-state index in [1.807, 2.05) is 4.90 Å². The minimum Gasteiger partial charge on any atom is -0.481 e. The van der Waals surface area contributed by atoms with Crippen LogP contribution in [0.4, 0.5) is 0 Å². The summed E-state index contributed by atoms with van der Waals surface area (Å²) >= 11 is 0. The highest BCUT2D eigenvalue weighted by molar-refractivity contribution is 5.80. The van der Waals surface area contributed by atoms with Crippen molar-refractivity contribution >= 4 is 11.9 Å². The number of ether oxygens (including phenoxy) is 1. The standard InChI is InChI=1S/C16H27NO4/c1-11(2)9-14-10-21-8-7-17(14)15(18)12-3-5-13(6-4-12)16(19)20/h11-14H,3-10H2,1-2H3,(H,19,20). The highest BCUT2D eigenvalue weighted by Crippen LogP contribution is 2.31. The third-order valence-corrected chi connectivity index (χ3v) is 4.68. The van der Waals surface area contributed by atoms with Gasteiger partial charge in [-0.15, -0.1) is 0 Å². The van der Waals surface area contributed by atoms with Crippen molar-refractivity contribution in [3.63, 3.8) is 0 Å². The number of aliphatic carboxylic acids is 1. The molecule has 1 saturated heterocycles. The molecule has 0 aromatic carbocycles. The van der Waals surface area contributed by atoms with Crippen LogP contribution in [0.2, 0.25) is 0 Å². The first-order chi connectivity index (χ1) is 9.99. The Labute approximate surface area is 126 Å². The van der Waals surface area contributed by atoms with Crippen LogP contribution in [0.15, 0.2) is 0 Å². The molecule has 1 saturated carbocycles. The molecule has 0 radical (unpaired) electrons. The predicted molar refractivity (Wildman–Crippen MR) is 78.9 cm³/mol. The summed E-state index contributed by atoms with van der Waals surface area (Å²) in [6, 6.07) is 0.184. The molecule has 1 N–H and O–H groups in total. The summed E-state index contributed by atoms with van der Waals surface area (Å²) in [5, 5.41) is 9.04. The number of morpholine rings is 1. The fourth-order valence-electron chi connectivity index (χ4n) is 3.51. The zero-order valence-electron chi connectivity index (χ0n) is 13.1. The Morgan fingerprint density at radius 1 is 1.19 bits per heavy atom. The van der Waals surface area contributed by atoms with Gasteiger partial charge in [-0.1, -0.05) is 13.8 Å². The summed E-state index contributed by atoms with van der Waals surface area (Å²) in [4.78, 5) is 25.7. The molecular weight excluding hydrogens is 270 g/mol. The molecule has 0 bridgehead atoms. The summed E-state index contributed by atoms with van der Waals surface area (Å²) in [5.41, 5.74) is 0. The molecule has 1 unspecified atom stereocenters. The van der Waals surface area contributed by atoms with Gasteiger partial charge in [0, 0.05) is 12.5 Å². The second kappa shape index (κ2) is 7.25. The van der Waals surface area contributed by atoms with Crippen LogP contribution in [-0.4, -0.2) is 47.7 Å². The van der Waals surface area contributed by atoms with Gasteiger partial charge in [-0.2, -0.15) is 0 Å². The van der Waals surface area contributed by atoms with Crippen LogP contribution >= 0.6 is 0 Å². The summed E-state index contributed by atoms with van der Waals surface area (Å²) in [6.07, 6.45) is 3.65. The van der Waals surface area contributed by atoms with Crippen LogP contribution in [0.25, 0.3) is 0 Å². The third-order valence-electron chi connectivity index (χ3n) is 4.68. The number of carboxylic acid groups (broad SMARTS) is 1. The van der Waals surface area contributed by atoms with Crippen LogP contribution in [-0.2, 0) is 14.3 Å². The second-order valence-electron chi connectivity index (χ2n) is 6.78. The SMILES string of the molecule is CC(C)CC1COCCN1C(=O)C1CCC(C(=O)O)CC1. The van der Waals surface area contributed by atoms with E-state index in [4.69, 9.17) is 9.84 Å². The first kappa shape index (κ1) is 16.3. The van der Waals surface area contributed by atoms with Crippen molar-refractivity contribution in [1.29, 1.82) is 0 Å². The average Bonchev–Trinajstić information content (AvgIpc) is 2.46. The fourth-order valence-corrected chi connectivity index (χ4v) is 3.51. The number of carbonyl (C=O) groups is 2.